The maximum absolute atomic E-state index is 4.20. The molecule has 48 valence electrons. The summed E-state index contributed by atoms with van der Waals surface area (Å²) in [6.45, 7) is 2.36. The van der Waals surface area contributed by atoms with Gasteiger partial charge in [-0.3, -0.25) is 4.36 Å². The van der Waals surface area contributed by atoms with E-state index in [4.69, 9.17) is 0 Å². The van der Waals surface area contributed by atoms with Crippen LogP contribution in [-0.2, 0) is 10.7 Å². The normalized spacial score (nSPS) is 25.2. The second-order valence-corrected chi connectivity index (χ2v) is 4.07. The number of hydrogen-bond donors (Lipinski definition) is 1. The van der Waals surface area contributed by atoms with Gasteiger partial charge in [0.15, 0.2) is 0 Å². The van der Waals surface area contributed by atoms with Gasteiger partial charge in [0.2, 0.25) is 0 Å². The maximum atomic E-state index is 4.20. The van der Waals surface area contributed by atoms with E-state index in [-0.39, 0.29) is 0 Å². The van der Waals surface area contributed by atoms with Crippen molar-refractivity contribution in [3.05, 3.63) is 0 Å². The summed E-state index contributed by atoms with van der Waals surface area (Å²) < 4.78 is 4.20. The highest BCUT2D eigenvalue weighted by Crippen LogP contribution is 2.01. The first-order valence-corrected chi connectivity index (χ1v) is 4.45. The van der Waals surface area contributed by atoms with Crippen LogP contribution in [0.4, 0.5) is 0 Å². The van der Waals surface area contributed by atoms with Gasteiger partial charge in [0.05, 0.1) is 0 Å². The molecule has 0 amide bonds. The molecule has 0 bridgehead atoms. The van der Waals surface area contributed by atoms with Gasteiger partial charge >= 0.3 is 0 Å². The lowest BCUT2D eigenvalue weighted by Crippen LogP contribution is -2.48. The van der Waals surface area contributed by atoms with Crippen LogP contribution >= 0.6 is 0 Å². The van der Waals surface area contributed by atoms with E-state index in [1.165, 1.54) is 13.1 Å². The number of hydrogen-bond acceptors (Lipinski definition) is 2. The molecule has 2 nitrogen and oxygen atoms in total. The molecule has 1 aliphatic heterocycles. The highest BCUT2D eigenvalue weighted by atomic mass is 32.2. The van der Waals surface area contributed by atoms with Crippen molar-refractivity contribution in [2.75, 3.05) is 26.4 Å². The Morgan fingerprint density at radius 3 is 2.38 bits per heavy atom. The minimum absolute atomic E-state index is 0.328. The van der Waals surface area contributed by atoms with E-state index in [0.717, 1.165) is 5.25 Å². The van der Waals surface area contributed by atoms with Crippen LogP contribution in [0.15, 0.2) is 4.36 Å². The van der Waals surface area contributed by atoms with Gasteiger partial charge in [0, 0.05) is 25.4 Å². The predicted octanol–water partition coefficient (Wildman–Crippen LogP) is 0.0197. The fourth-order valence-electron chi connectivity index (χ4n) is 0.652. The first-order valence-electron chi connectivity index (χ1n) is 2.80. The van der Waals surface area contributed by atoms with Gasteiger partial charge in [-0.1, -0.05) is 10.7 Å². The summed E-state index contributed by atoms with van der Waals surface area (Å²) >= 11 is 0. The smallest absolute Gasteiger partial charge is 0.0401 e. The second kappa shape index (κ2) is 2.60. The van der Waals surface area contributed by atoms with Gasteiger partial charge in [-0.2, -0.15) is 0 Å². The summed E-state index contributed by atoms with van der Waals surface area (Å²) in [6, 6.07) is 0. The van der Waals surface area contributed by atoms with Crippen molar-refractivity contribution in [3.8, 4) is 0 Å². The van der Waals surface area contributed by atoms with E-state index in [2.05, 4.69) is 15.9 Å². The summed E-state index contributed by atoms with van der Waals surface area (Å²) in [5.74, 6) is 0. The minimum Gasteiger partial charge on any atom is -0.314 e. The SMILES string of the molecule is C/N=S(/C)C1CNC1. The molecule has 0 radical (unpaired) electrons. The third-order valence-corrected chi connectivity index (χ3v) is 3.39. The van der Waals surface area contributed by atoms with Crippen molar-refractivity contribution < 1.29 is 0 Å². The van der Waals surface area contributed by atoms with Crippen LogP contribution < -0.4 is 5.32 Å². The number of nitrogens with one attached hydrogen (secondary N) is 1. The largest absolute Gasteiger partial charge is 0.314 e. The molecule has 0 aromatic carbocycles. The van der Waals surface area contributed by atoms with Crippen LogP contribution in [0, 0.1) is 0 Å². The van der Waals surface area contributed by atoms with E-state index < -0.39 is 0 Å². The first kappa shape index (κ1) is 6.23. The van der Waals surface area contributed by atoms with Gasteiger partial charge in [-0.25, -0.2) is 0 Å². The van der Waals surface area contributed by atoms with Gasteiger partial charge in [-0.05, 0) is 6.26 Å². The molecule has 0 aromatic rings. The lowest BCUT2D eigenvalue weighted by atomic mass is 10.3. The summed E-state index contributed by atoms with van der Waals surface area (Å²) in [6.07, 6.45) is 2.20. The summed E-state index contributed by atoms with van der Waals surface area (Å²) in [7, 11) is 2.23. The van der Waals surface area contributed by atoms with Crippen LogP contribution in [0.1, 0.15) is 0 Å². The molecule has 3 heteroatoms. The predicted molar refractivity (Wildman–Crippen MR) is 38.3 cm³/mol. The fraction of sp³-hybridized carbons (Fsp3) is 1.00. The zero-order valence-corrected chi connectivity index (χ0v) is 6.16. The summed E-state index contributed by atoms with van der Waals surface area (Å²) in [4.78, 5) is 0. The Kier molecular flexibility index (Phi) is 2.02. The topological polar surface area (TPSA) is 24.4 Å². The average Bonchev–Trinajstić information content (AvgIpc) is 1.62. The summed E-state index contributed by atoms with van der Waals surface area (Å²) in [5.41, 5.74) is 0. The molecular weight excluding hydrogens is 120 g/mol. The summed E-state index contributed by atoms with van der Waals surface area (Å²) in [5, 5.41) is 4.07. The Morgan fingerprint density at radius 2 is 2.25 bits per heavy atom. The molecule has 1 unspecified atom stereocenters. The molecule has 1 atom stereocenters. The Labute approximate surface area is 52.8 Å². The zero-order valence-electron chi connectivity index (χ0n) is 5.35. The van der Waals surface area contributed by atoms with Gasteiger partial charge < -0.3 is 5.32 Å². The lowest BCUT2D eigenvalue weighted by molar-refractivity contribution is 0.541. The van der Waals surface area contributed by atoms with Crippen LogP contribution in [0.2, 0.25) is 0 Å². The molecule has 0 spiro atoms. The Hall–Kier alpha value is 0.110. The Balaban J connectivity index is 2.34. The third kappa shape index (κ3) is 1.09. The number of nitrogens with zero attached hydrogens (tertiary/aromatic N) is 1. The Bertz CT molecular complexity index is 107. The monoisotopic (exact) mass is 132 g/mol. The molecule has 1 fully saturated rings. The van der Waals surface area contributed by atoms with Crippen LogP contribution in [0.25, 0.3) is 0 Å². The highest BCUT2D eigenvalue weighted by molar-refractivity contribution is 7.87. The molecule has 0 aliphatic carbocycles. The van der Waals surface area contributed by atoms with Crippen molar-refractivity contribution in [1.29, 1.82) is 0 Å². The third-order valence-electron chi connectivity index (χ3n) is 1.51. The fourth-order valence-corrected chi connectivity index (χ4v) is 1.67. The van der Waals surface area contributed by atoms with E-state index >= 15 is 0 Å². The number of rotatable bonds is 1. The molecule has 1 aliphatic rings. The van der Waals surface area contributed by atoms with E-state index in [0.29, 0.717) is 10.7 Å². The average molecular weight is 132 g/mol. The standard InChI is InChI=1S/C5H12N2S/c1-6-8(2)5-3-7-4-5/h5,7H,3-4H2,1-2H3. The lowest BCUT2D eigenvalue weighted by Gasteiger charge is -2.27. The van der Waals surface area contributed by atoms with Crippen molar-refractivity contribution in [3.63, 3.8) is 0 Å². The van der Waals surface area contributed by atoms with E-state index in [1.807, 2.05) is 7.05 Å². The molecule has 8 heavy (non-hydrogen) atoms. The first-order chi connectivity index (χ1) is 3.84. The molecule has 1 saturated heterocycles. The molecule has 0 aromatic heterocycles. The molecule has 1 N–H and O–H groups in total. The van der Waals surface area contributed by atoms with Gasteiger partial charge in [0.25, 0.3) is 0 Å². The van der Waals surface area contributed by atoms with Crippen LogP contribution in [0.5, 0.6) is 0 Å². The maximum Gasteiger partial charge on any atom is 0.0401 e. The Morgan fingerprint density at radius 1 is 1.62 bits per heavy atom. The van der Waals surface area contributed by atoms with Gasteiger partial charge in [0.1, 0.15) is 0 Å². The highest BCUT2D eigenvalue weighted by Gasteiger charge is 2.17. The minimum atomic E-state index is 0.328. The molecule has 0 saturated carbocycles. The molecule has 1 rings (SSSR count). The van der Waals surface area contributed by atoms with Crippen LogP contribution in [-0.4, -0.2) is 31.6 Å². The van der Waals surface area contributed by atoms with E-state index in [1.54, 1.807) is 0 Å². The van der Waals surface area contributed by atoms with Crippen molar-refractivity contribution in [1.82, 2.24) is 5.32 Å². The van der Waals surface area contributed by atoms with Crippen molar-refractivity contribution >= 4 is 10.7 Å². The van der Waals surface area contributed by atoms with Crippen LogP contribution in [0.3, 0.4) is 0 Å². The zero-order chi connectivity index (χ0) is 5.98. The van der Waals surface area contributed by atoms with Crippen molar-refractivity contribution in [2.45, 2.75) is 5.25 Å². The van der Waals surface area contributed by atoms with E-state index in [9.17, 15) is 0 Å². The molecular formula is C5H12N2S. The molecule has 1 heterocycles. The second-order valence-electron chi connectivity index (χ2n) is 1.99. The van der Waals surface area contributed by atoms with Gasteiger partial charge in [-0.15, -0.1) is 0 Å². The van der Waals surface area contributed by atoms with Crippen molar-refractivity contribution in [2.24, 2.45) is 4.36 Å². The quantitative estimate of drug-likeness (QED) is 0.534.